The van der Waals surface area contributed by atoms with Gasteiger partial charge >= 0.3 is 0 Å². The molecule has 0 saturated heterocycles. The number of benzene rings is 1. The Hall–Kier alpha value is -1.84. The van der Waals surface area contributed by atoms with Gasteiger partial charge < -0.3 is 20.9 Å². The molecule has 18 heavy (non-hydrogen) atoms. The number of aryl methyl sites for hydroxylation is 1. The molecule has 4 heteroatoms. The third-order valence-electron chi connectivity index (χ3n) is 3.12. The maximum Gasteiger partial charge on any atom is 0.0890 e. The van der Waals surface area contributed by atoms with Crippen LogP contribution in [0.15, 0.2) is 30.6 Å². The number of nitrogen functional groups attached to an aromatic ring is 1. The highest BCUT2D eigenvalue weighted by atomic mass is 15.3. The van der Waals surface area contributed by atoms with Crippen molar-refractivity contribution in [2.75, 3.05) is 37.9 Å². The molecule has 0 radical (unpaired) electrons. The predicted molar refractivity (Wildman–Crippen MR) is 77.2 cm³/mol. The second-order valence-electron chi connectivity index (χ2n) is 4.86. The lowest BCUT2D eigenvalue weighted by molar-refractivity contribution is 0.296. The first-order valence-corrected chi connectivity index (χ1v) is 6.38. The number of anilines is 2. The highest BCUT2D eigenvalue weighted by molar-refractivity contribution is 5.57. The van der Waals surface area contributed by atoms with Crippen LogP contribution in [-0.2, 0) is 0 Å². The summed E-state index contributed by atoms with van der Waals surface area (Å²) < 4.78 is 0. The largest absolute Gasteiger partial charge is 0.399 e. The number of nitrogens with two attached hydrogens (primary N) is 1. The number of rotatable bonds is 5. The Labute approximate surface area is 109 Å². The first kappa shape index (κ1) is 12.6. The SMILES string of the molecule is Cc1cc(N)ccc1NCCCN1C=CN(C)C1. The summed E-state index contributed by atoms with van der Waals surface area (Å²) in [6.07, 6.45) is 5.38. The van der Waals surface area contributed by atoms with Gasteiger partial charge in [0.05, 0.1) is 6.67 Å². The van der Waals surface area contributed by atoms with E-state index in [1.165, 1.54) is 11.3 Å². The van der Waals surface area contributed by atoms with E-state index in [2.05, 4.69) is 41.5 Å². The van der Waals surface area contributed by atoms with Gasteiger partial charge in [-0.1, -0.05) is 0 Å². The Balaban J connectivity index is 1.70. The van der Waals surface area contributed by atoms with Gasteiger partial charge in [-0.15, -0.1) is 0 Å². The van der Waals surface area contributed by atoms with E-state index in [-0.39, 0.29) is 0 Å². The minimum absolute atomic E-state index is 0.822. The zero-order valence-electron chi connectivity index (χ0n) is 11.2. The lowest BCUT2D eigenvalue weighted by atomic mass is 10.2. The lowest BCUT2D eigenvalue weighted by Gasteiger charge is -2.18. The maximum atomic E-state index is 5.73. The molecular weight excluding hydrogens is 224 g/mol. The number of hydrogen-bond donors (Lipinski definition) is 2. The summed E-state index contributed by atoms with van der Waals surface area (Å²) in [4.78, 5) is 4.50. The minimum Gasteiger partial charge on any atom is -0.399 e. The minimum atomic E-state index is 0.822. The van der Waals surface area contributed by atoms with Crippen molar-refractivity contribution in [3.05, 3.63) is 36.2 Å². The van der Waals surface area contributed by atoms with Crippen molar-refractivity contribution in [3.63, 3.8) is 0 Å². The molecule has 0 aliphatic carbocycles. The highest BCUT2D eigenvalue weighted by Gasteiger charge is 2.07. The van der Waals surface area contributed by atoms with Crippen LogP contribution in [-0.4, -0.2) is 36.6 Å². The molecule has 4 nitrogen and oxygen atoms in total. The lowest BCUT2D eigenvalue weighted by Crippen LogP contribution is -2.24. The van der Waals surface area contributed by atoms with Crippen molar-refractivity contribution < 1.29 is 0 Å². The average molecular weight is 246 g/mol. The molecule has 0 aromatic heterocycles. The summed E-state index contributed by atoms with van der Waals surface area (Å²) in [6, 6.07) is 5.99. The first-order valence-electron chi connectivity index (χ1n) is 6.38. The fourth-order valence-electron chi connectivity index (χ4n) is 2.12. The Kier molecular flexibility index (Phi) is 3.97. The maximum absolute atomic E-state index is 5.73. The van der Waals surface area contributed by atoms with Gasteiger partial charge in [0.2, 0.25) is 0 Å². The molecule has 1 aliphatic rings. The van der Waals surface area contributed by atoms with Gasteiger partial charge in [0.15, 0.2) is 0 Å². The van der Waals surface area contributed by atoms with Gasteiger partial charge in [-0.05, 0) is 37.1 Å². The molecule has 0 fully saturated rings. The molecule has 2 rings (SSSR count). The second-order valence-corrected chi connectivity index (χ2v) is 4.86. The van der Waals surface area contributed by atoms with Crippen LogP contribution in [0.3, 0.4) is 0 Å². The van der Waals surface area contributed by atoms with Crippen molar-refractivity contribution >= 4 is 11.4 Å². The van der Waals surface area contributed by atoms with E-state index in [0.717, 1.165) is 31.9 Å². The van der Waals surface area contributed by atoms with E-state index in [1.54, 1.807) is 0 Å². The van der Waals surface area contributed by atoms with Crippen LogP contribution in [0, 0.1) is 6.92 Å². The van der Waals surface area contributed by atoms with E-state index < -0.39 is 0 Å². The zero-order valence-corrected chi connectivity index (χ0v) is 11.2. The van der Waals surface area contributed by atoms with Crippen LogP contribution >= 0.6 is 0 Å². The van der Waals surface area contributed by atoms with E-state index in [4.69, 9.17) is 5.73 Å². The Morgan fingerprint density at radius 1 is 1.33 bits per heavy atom. The summed E-state index contributed by atoms with van der Waals surface area (Å²) in [5.41, 5.74) is 8.94. The van der Waals surface area contributed by atoms with E-state index in [9.17, 15) is 0 Å². The van der Waals surface area contributed by atoms with Crippen molar-refractivity contribution in [2.45, 2.75) is 13.3 Å². The predicted octanol–water partition coefficient (Wildman–Crippen LogP) is 2.06. The van der Waals surface area contributed by atoms with Crippen molar-refractivity contribution in [1.29, 1.82) is 0 Å². The van der Waals surface area contributed by atoms with E-state index >= 15 is 0 Å². The third-order valence-corrected chi connectivity index (χ3v) is 3.12. The second kappa shape index (κ2) is 5.67. The van der Waals surface area contributed by atoms with Crippen LogP contribution in [0.25, 0.3) is 0 Å². The first-order chi connectivity index (χ1) is 8.65. The van der Waals surface area contributed by atoms with Gasteiger partial charge in [0.25, 0.3) is 0 Å². The topological polar surface area (TPSA) is 44.5 Å². The molecular formula is C14H22N4. The summed E-state index contributed by atoms with van der Waals surface area (Å²) in [5, 5.41) is 3.46. The normalized spacial score (nSPS) is 14.3. The van der Waals surface area contributed by atoms with Gasteiger partial charge in [0, 0.05) is 43.9 Å². The molecule has 1 aromatic rings. The Morgan fingerprint density at radius 3 is 2.83 bits per heavy atom. The number of nitrogens with one attached hydrogen (secondary N) is 1. The fraction of sp³-hybridized carbons (Fsp3) is 0.429. The summed E-state index contributed by atoms with van der Waals surface area (Å²) in [7, 11) is 2.09. The fourth-order valence-corrected chi connectivity index (χ4v) is 2.12. The molecule has 0 bridgehead atoms. The van der Waals surface area contributed by atoms with Crippen LogP contribution in [0.1, 0.15) is 12.0 Å². The van der Waals surface area contributed by atoms with Crippen molar-refractivity contribution in [1.82, 2.24) is 9.80 Å². The smallest absolute Gasteiger partial charge is 0.0890 e. The molecule has 1 aliphatic heterocycles. The van der Waals surface area contributed by atoms with Gasteiger partial charge in [0.1, 0.15) is 0 Å². The molecule has 1 aromatic carbocycles. The number of nitrogens with zero attached hydrogens (tertiary/aromatic N) is 2. The van der Waals surface area contributed by atoms with E-state index in [0.29, 0.717) is 0 Å². The molecule has 0 spiro atoms. The van der Waals surface area contributed by atoms with Gasteiger partial charge in [-0.2, -0.15) is 0 Å². The molecule has 0 amide bonds. The molecule has 98 valence electrons. The molecule has 1 heterocycles. The summed E-state index contributed by atoms with van der Waals surface area (Å²) >= 11 is 0. The highest BCUT2D eigenvalue weighted by Crippen LogP contribution is 2.17. The van der Waals surface area contributed by atoms with Gasteiger partial charge in [-0.3, -0.25) is 0 Å². The third kappa shape index (κ3) is 3.32. The Morgan fingerprint density at radius 2 is 2.17 bits per heavy atom. The van der Waals surface area contributed by atoms with Crippen molar-refractivity contribution in [2.24, 2.45) is 0 Å². The molecule has 0 saturated carbocycles. The molecule has 0 atom stereocenters. The molecule has 0 unspecified atom stereocenters. The summed E-state index contributed by atoms with van der Waals surface area (Å²) in [6.45, 7) is 5.15. The quantitative estimate of drug-likeness (QED) is 0.616. The average Bonchev–Trinajstić information content (AvgIpc) is 2.73. The monoisotopic (exact) mass is 246 g/mol. The number of hydrogen-bond acceptors (Lipinski definition) is 4. The Bertz CT molecular complexity index is 428. The summed E-state index contributed by atoms with van der Waals surface area (Å²) in [5.74, 6) is 0. The molecule has 3 N–H and O–H groups in total. The van der Waals surface area contributed by atoms with Crippen LogP contribution in [0.5, 0.6) is 0 Å². The van der Waals surface area contributed by atoms with E-state index in [1.807, 2.05) is 18.2 Å². The van der Waals surface area contributed by atoms with Crippen molar-refractivity contribution in [3.8, 4) is 0 Å². The van der Waals surface area contributed by atoms with Crippen LogP contribution in [0.2, 0.25) is 0 Å². The standard InChI is InChI=1S/C14H22N4/c1-12-10-13(15)4-5-14(12)16-6-3-7-18-9-8-17(2)11-18/h4-5,8-10,16H,3,6-7,11,15H2,1-2H3. The van der Waals surface area contributed by atoms with Gasteiger partial charge in [-0.25, -0.2) is 0 Å². The van der Waals surface area contributed by atoms with Crippen LogP contribution in [0.4, 0.5) is 11.4 Å². The zero-order chi connectivity index (χ0) is 13.0. The van der Waals surface area contributed by atoms with Crippen LogP contribution < -0.4 is 11.1 Å².